The smallest absolute Gasteiger partial charge is 0.167 e. The summed E-state index contributed by atoms with van der Waals surface area (Å²) in [5.41, 5.74) is 5.54. The van der Waals surface area contributed by atoms with E-state index in [0.717, 1.165) is 27.8 Å². The maximum Gasteiger partial charge on any atom is 0.167 e. The molecule has 0 radical (unpaired) electrons. The first-order valence-corrected chi connectivity index (χ1v) is 13.1. The quantitative estimate of drug-likeness (QED) is 0.257. The highest BCUT2D eigenvalue weighted by Gasteiger charge is 2.25. The molecule has 6 nitrogen and oxygen atoms in total. The van der Waals surface area contributed by atoms with Gasteiger partial charge in [-0.3, -0.25) is 0 Å². The minimum atomic E-state index is -2.61. The molecule has 1 heterocycles. The normalized spacial score (nSPS) is 15.8. The molecule has 0 bridgehead atoms. The Kier molecular flexibility index (Phi) is 7.47. The van der Waals surface area contributed by atoms with Crippen molar-refractivity contribution in [3.8, 4) is 23.0 Å². The highest BCUT2D eigenvalue weighted by molar-refractivity contribution is 5.53. The van der Waals surface area contributed by atoms with E-state index in [1.807, 2.05) is 78.9 Å². The van der Waals surface area contributed by atoms with E-state index in [1.165, 1.54) is 0 Å². The third-order valence-corrected chi connectivity index (χ3v) is 7.06. The van der Waals surface area contributed by atoms with Gasteiger partial charge in [-0.15, -0.1) is 0 Å². The van der Waals surface area contributed by atoms with Gasteiger partial charge in [-0.1, -0.05) is 66.7 Å². The molecule has 0 aromatic heterocycles. The lowest BCUT2D eigenvalue weighted by Crippen LogP contribution is -2.31. The number of hydrogen-bond donors (Lipinski definition) is 2. The molecule has 39 heavy (non-hydrogen) atoms. The number of methoxy groups -OCH3 is 2. The van der Waals surface area contributed by atoms with Gasteiger partial charge in [0.05, 0.1) is 24.9 Å². The van der Waals surface area contributed by atoms with Crippen LogP contribution in [-0.2, 0) is 32.7 Å². The minimum Gasteiger partial charge on any atom is -0.493 e. The van der Waals surface area contributed by atoms with Gasteiger partial charge in [-0.2, -0.15) is 0 Å². The zero-order chi connectivity index (χ0) is 29.5. The topological polar surface area (TPSA) is 69.2 Å². The number of hydrogen-bond acceptors (Lipinski definition) is 6. The maximum atomic E-state index is 10.5. The number of fused-ring (bicyclic) bond motifs is 1. The van der Waals surface area contributed by atoms with Crippen molar-refractivity contribution in [2.75, 3.05) is 20.7 Å². The average Bonchev–Trinajstić information content (AvgIpc) is 2.99. The molecule has 202 valence electrons. The molecule has 1 aliphatic heterocycles. The first-order valence-electron chi connectivity index (χ1n) is 14.6. The van der Waals surface area contributed by atoms with Crippen molar-refractivity contribution >= 4 is 0 Å². The molecule has 6 heteroatoms. The van der Waals surface area contributed by atoms with E-state index < -0.39 is 7.04 Å². The monoisotopic (exact) mass is 528 g/mol. The number of rotatable bonds is 11. The molecule has 4 aromatic rings. The molecule has 0 saturated heterocycles. The molecule has 0 saturated carbocycles. The molecular formula is C33H35NO5. The number of aliphatic hydroxyl groups excluding tert-OH is 1. The zero-order valence-corrected chi connectivity index (χ0v) is 22.0. The molecule has 0 spiro atoms. The summed E-state index contributed by atoms with van der Waals surface area (Å²) in [4.78, 5) is 0. The van der Waals surface area contributed by atoms with E-state index in [2.05, 4.69) is 5.32 Å². The van der Waals surface area contributed by atoms with Crippen LogP contribution in [0.15, 0.2) is 84.9 Å². The van der Waals surface area contributed by atoms with Crippen LogP contribution >= 0.6 is 0 Å². The van der Waals surface area contributed by atoms with Crippen molar-refractivity contribution in [2.45, 2.75) is 38.7 Å². The highest BCUT2D eigenvalue weighted by Crippen LogP contribution is 2.40. The molecule has 1 aliphatic rings. The van der Waals surface area contributed by atoms with Crippen LogP contribution in [0.2, 0.25) is 0 Å². The van der Waals surface area contributed by atoms with Crippen LogP contribution < -0.4 is 24.3 Å². The van der Waals surface area contributed by atoms with E-state index >= 15 is 0 Å². The Balaban J connectivity index is 1.45. The maximum absolute atomic E-state index is 10.5. The van der Waals surface area contributed by atoms with E-state index in [0.29, 0.717) is 48.8 Å². The summed E-state index contributed by atoms with van der Waals surface area (Å²) < 4.78 is 46.3. The summed E-state index contributed by atoms with van der Waals surface area (Å²) in [5, 5.41) is 14.1. The summed E-state index contributed by atoms with van der Waals surface area (Å²) >= 11 is 0. The van der Waals surface area contributed by atoms with Crippen molar-refractivity contribution in [3.05, 3.63) is 118 Å². The number of nitrogens with one attached hydrogen (secondary N) is 1. The third kappa shape index (κ3) is 6.19. The van der Waals surface area contributed by atoms with Gasteiger partial charge in [-0.25, -0.2) is 0 Å². The Labute approximate surface area is 234 Å². The first-order chi connectivity index (χ1) is 20.3. The number of benzene rings is 4. The van der Waals surface area contributed by atoms with Crippen molar-refractivity contribution in [1.29, 1.82) is 0 Å². The number of aliphatic hydroxyl groups is 1. The largest absolute Gasteiger partial charge is 0.493 e. The lowest BCUT2D eigenvalue weighted by Gasteiger charge is -2.29. The minimum absolute atomic E-state index is 0.115. The first kappa shape index (κ1) is 22.9. The van der Waals surface area contributed by atoms with Crippen LogP contribution in [0.25, 0.3) is 0 Å². The third-order valence-electron chi connectivity index (χ3n) is 7.06. The SMILES string of the molecule is [2H]C([2H])([2H])Oc1cc2c(cc1OCc1ccccc1)C(Cc1ccc(OC)c(OCc3ccccc3)c1CO)NCC2. The standard InChI is InChI=1S/C33H35NO5/c1-36-30-14-13-25(28(20-35)33(30)39-22-24-11-7-4-8-12-24)17-29-27-19-32(38-21-23-9-5-3-6-10-23)31(37-2)18-26(27)15-16-34-29/h3-14,18-19,29,34-35H,15-17,20-22H2,1-2H3/i2D3. The summed E-state index contributed by atoms with van der Waals surface area (Å²) in [5.74, 6) is 1.64. The molecule has 0 fully saturated rings. The van der Waals surface area contributed by atoms with Crippen molar-refractivity contribution in [1.82, 2.24) is 5.32 Å². The van der Waals surface area contributed by atoms with Crippen LogP contribution in [0.5, 0.6) is 23.0 Å². The van der Waals surface area contributed by atoms with Gasteiger partial charge < -0.3 is 29.4 Å². The predicted octanol–water partition coefficient (Wildman–Crippen LogP) is 5.78. The molecule has 5 rings (SSSR count). The van der Waals surface area contributed by atoms with Crippen molar-refractivity contribution in [3.63, 3.8) is 0 Å². The number of ether oxygens (including phenoxy) is 4. The summed E-state index contributed by atoms with van der Waals surface area (Å²) in [6, 6.07) is 26.9. The molecule has 0 aliphatic carbocycles. The molecule has 1 unspecified atom stereocenters. The summed E-state index contributed by atoms with van der Waals surface area (Å²) in [6.45, 7) is 1.10. The van der Waals surface area contributed by atoms with Gasteiger partial charge in [0, 0.05) is 11.6 Å². The molecule has 2 N–H and O–H groups in total. The van der Waals surface area contributed by atoms with E-state index in [-0.39, 0.29) is 25.0 Å². The molecule has 0 amide bonds. The van der Waals surface area contributed by atoms with Gasteiger partial charge in [0.2, 0.25) is 0 Å². The Morgan fingerprint density at radius 3 is 2.23 bits per heavy atom. The Morgan fingerprint density at radius 1 is 0.846 bits per heavy atom. The second-order valence-corrected chi connectivity index (χ2v) is 9.50. The van der Waals surface area contributed by atoms with E-state index in [1.54, 1.807) is 13.2 Å². The van der Waals surface area contributed by atoms with Gasteiger partial charge in [0.25, 0.3) is 0 Å². The Bertz CT molecular complexity index is 1480. The predicted molar refractivity (Wildman–Crippen MR) is 152 cm³/mol. The second kappa shape index (κ2) is 12.7. The molecule has 1 atom stereocenters. The van der Waals surface area contributed by atoms with Crippen LogP contribution in [0, 0.1) is 0 Å². The Hall–Kier alpha value is -4.00. The highest BCUT2D eigenvalue weighted by atomic mass is 16.5. The molecular weight excluding hydrogens is 490 g/mol. The Morgan fingerprint density at radius 2 is 1.56 bits per heavy atom. The lowest BCUT2D eigenvalue weighted by atomic mass is 9.88. The van der Waals surface area contributed by atoms with Gasteiger partial charge in [-0.05, 0) is 65.4 Å². The fourth-order valence-electron chi connectivity index (χ4n) is 5.04. The second-order valence-electron chi connectivity index (χ2n) is 9.50. The van der Waals surface area contributed by atoms with Crippen LogP contribution in [0.1, 0.15) is 43.5 Å². The average molecular weight is 529 g/mol. The van der Waals surface area contributed by atoms with Crippen LogP contribution in [0.3, 0.4) is 0 Å². The van der Waals surface area contributed by atoms with Gasteiger partial charge >= 0.3 is 0 Å². The van der Waals surface area contributed by atoms with Gasteiger partial charge in [0.1, 0.15) is 13.2 Å². The fourth-order valence-corrected chi connectivity index (χ4v) is 5.04. The summed E-state index contributed by atoms with van der Waals surface area (Å²) in [6.07, 6.45) is 1.27. The van der Waals surface area contributed by atoms with Gasteiger partial charge in [0.15, 0.2) is 23.0 Å². The van der Waals surface area contributed by atoms with E-state index in [9.17, 15) is 5.11 Å². The van der Waals surface area contributed by atoms with E-state index in [4.69, 9.17) is 23.1 Å². The zero-order valence-electron chi connectivity index (χ0n) is 25.0. The van der Waals surface area contributed by atoms with Crippen molar-refractivity contribution in [2.24, 2.45) is 0 Å². The van der Waals surface area contributed by atoms with Crippen molar-refractivity contribution < 1.29 is 28.2 Å². The van der Waals surface area contributed by atoms with Crippen LogP contribution in [0.4, 0.5) is 0 Å². The lowest BCUT2D eigenvalue weighted by molar-refractivity contribution is 0.248. The fraction of sp³-hybridized carbons (Fsp3) is 0.273. The molecule has 4 aromatic carbocycles. The van der Waals surface area contributed by atoms with Crippen LogP contribution in [-0.4, -0.2) is 25.8 Å². The summed E-state index contributed by atoms with van der Waals surface area (Å²) in [7, 11) is -1.03.